The summed E-state index contributed by atoms with van der Waals surface area (Å²) in [5.41, 5.74) is -1.20. The van der Waals surface area contributed by atoms with Crippen LogP contribution in [-0.4, -0.2) is 5.75 Å². The molecule has 0 saturated heterocycles. The number of rotatable bonds is 2. The van der Waals surface area contributed by atoms with Gasteiger partial charge >= 0.3 is 6.18 Å². The molecule has 0 heterocycles. The molecule has 0 atom stereocenters. The first-order chi connectivity index (χ1) is 6.46. The van der Waals surface area contributed by atoms with Gasteiger partial charge in [0.2, 0.25) is 0 Å². The Morgan fingerprint density at radius 2 is 1.93 bits per heavy atom. The summed E-state index contributed by atoms with van der Waals surface area (Å²) in [5.74, 6) is -0.634. The Bertz CT molecular complexity index is 319. The molecule has 0 aliphatic heterocycles. The van der Waals surface area contributed by atoms with Gasteiger partial charge in [0.25, 0.3) is 0 Å². The SMILES string of the molecule is CCSc1cccc(C(F)(F)F)c1F. The highest BCUT2D eigenvalue weighted by atomic mass is 32.2. The van der Waals surface area contributed by atoms with Crippen molar-refractivity contribution in [2.75, 3.05) is 5.75 Å². The van der Waals surface area contributed by atoms with E-state index in [9.17, 15) is 17.6 Å². The van der Waals surface area contributed by atoms with E-state index in [0.29, 0.717) is 5.75 Å². The van der Waals surface area contributed by atoms with Gasteiger partial charge in [-0.2, -0.15) is 13.2 Å². The molecule has 0 N–H and O–H groups in total. The molecule has 78 valence electrons. The Hall–Kier alpha value is -0.710. The number of hydrogen-bond donors (Lipinski definition) is 0. The fourth-order valence-corrected chi connectivity index (χ4v) is 1.72. The molecule has 0 saturated carbocycles. The Kier molecular flexibility index (Phi) is 3.42. The molecule has 0 aliphatic rings. The summed E-state index contributed by atoms with van der Waals surface area (Å²) in [5, 5.41) is 0. The van der Waals surface area contributed by atoms with Crippen molar-refractivity contribution in [1.29, 1.82) is 0 Å². The van der Waals surface area contributed by atoms with Crippen LogP contribution in [0.25, 0.3) is 0 Å². The van der Waals surface area contributed by atoms with Gasteiger partial charge in [0, 0.05) is 4.90 Å². The first kappa shape index (κ1) is 11.4. The first-order valence-corrected chi connectivity index (χ1v) is 4.94. The highest BCUT2D eigenvalue weighted by molar-refractivity contribution is 7.99. The van der Waals surface area contributed by atoms with Crippen molar-refractivity contribution in [2.24, 2.45) is 0 Å². The third-order valence-electron chi connectivity index (χ3n) is 1.57. The van der Waals surface area contributed by atoms with E-state index in [0.717, 1.165) is 17.8 Å². The molecule has 0 unspecified atom stereocenters. The van der Waals surface area contributed by atoms with Gasteiger partial charge < -0.3 is 0 Å². The molecule has 1 rings (SSSR count). The second-order valence-electron chi connectivity index (χ2n) is 2.55. The van der Waals surface area contributed by atoms with Crippen molar-refractivity contribution in [3.8, 4) is 0 Å². The molecular formula is C9H8F4S. The summed E-state index contributed by atoms with van der Waals surface area (Å²) in [4.78, 5) is 0.0438. The predicted octanol–water partition coefficient (Wildman–Crippen LogP) is 3.96. The first-order valence-electron chi connectivity index (χ1n) is 3.95. The predicted molar refractivity (Wildman–Crippen MR) is 47.8 cm³/mol. The lowest BCUT2D eigenvalue weighted by molar-refractivity contribution is -0.140. The Labute approximate surface area is 83.3 Å². The zero-order valence-corrected chi connectivity index (χ0v) is 8.18. The fourth-order valence-electron chi connectivity index (χ4n) is 0.997. The van der Waals surface area contributed by atoms with Gasteiger partial charge in [-0.1, -0.05) is 13.0 Å². The standard InChI is InChI=1S/C9H8F4S/c1-2-14-7-5-3-4-6(8(7)10)9(11,12)13/h3-5H,2H2,1H3. The molecule has 0 bridgehead atoms. The number of hydrogen-bond acceptors (Lipinski definition) is 1. The summed E-state index contributed by atoms with van der Waals surface area (Å²) in [6.07, 6.45) is -4.62. The topological polar surface area (TPSA) is 0 Å². The van der Waals surface area contributed by atoms with Crippen LogP contribution in [0.2, 0.25) is 0 Å². The van der Waals surface area contributed by atoms with Gasteiger partial charge in [0.15, 0.2) is 0 Å². The largest absolute Gasteiger partial charge is 0.419 e. The molecule has 0 nitrogen and oxygen atoms in total. The van der Waals surface area contributed by atoms with Crippen LogP contribution in [0, 0.1) is 5.82 Å². The lowest BCUT2D eigenvalue weighted by atomic mass is 10.2. The summed E-state index contributed by atoms with van der Waals surface area (Å²) < 4.78 is 49.9. The molecule has 5 heteroatoms. The molecule has 0 aromatic heterocycles. The third kappa shape index (κ3) is 2.41. The summed E-state index contributed by atoms with van der Waals surface area (Å²) in [7, 11) is 0. The molecule has 0 fully saturated rings. The zero-order chi connectivity index (χ0) is 10.8. The summed E-state index contributed by atoms with van der Waals surface area (Å²) in [6.45, 7) is 1.75. The van der Waals surface area contributed by atoms with Gasteiger partial charge in [-0.15, -0.1) is 11.8 Å². The highest BCUT2D eigenvalue weighted by Gasteiger charge is 2.34. The minimum atomic E-state index is -4.62. The van der Waals surface area contributed by atoms with Crippen molar-refractivity contribution in [2.45, 2.75) is 18.0 Å². The number of alkyl halides is 3. The lowest BCUT2D eigenvalue weighted by Crippen LogP contribution is -2.08. The average molecular weight is 224 g/mol. The van der Waals surface area contributed by atoms with E-state index >= 15 is 0 Å². The van der Waals surface area contributed by atoms with Gasteiger partial charge in [0.1, 0.15) is 5.82 Å². The monoisotopic (exact) mass is 224 g/mol. The molecule has 1 aromatic carbocycles. The second kappa shape index (κ2) is 4.21. The van der Waals surface area contributed by atoms with Crippen molar-refractivity contribution in [3.63, 3.8) is 0 Å². The zero-order valence-electron chi connectivity index (χ0n) is 7.36. The van der Waals surface area contributed by atoms with E-state index in [2.05, 4.69) is 0 Å². The smallest absolute Gasteiger partial charge is 0.205 e. The van der Waals surface area contributed by atoms with E-state index in [1.165, 1.54) is 12.1 Å². The molecule has 0 amide bonds. The molecule has 0 radical (unpaired) electrons. The van der Waals surface area contributed by atoms with Crippen LogP contribution in [0.5, 0.6) is 0 Å². The van der Waals surface area contributed by atoms with Crippen LogP contribution in [0.15, 0.2) is 23.1 Å². The average Bonchev–Trinajstić information content (AvgIpc) is 2.07. The number of halogens is 4. The summed E-state index contributed by atoms with van der Waals surface area (Å²) >= 11 is 1.06. The Balaban J connectivity index is 3.14. The maximum absolute atomic E-state index is 13.2. The van der Waals surface area contributed by atoms with Crippen LogP contribution in [-0.2, 0) is 6.18 Å². The van der Waals surface area contributed by atoms with E-state index in [4.69, 9.17) is 0 Å². The normalized spacial score (nSPS) is 11.8. The van der Waals surface area contributed by atoms with Gasteiger partial charge in [-0.25, -0.2) is 4.39 Å². The van der Waals surface area contributed by atoms with Gasteiger partial charge in [-0.3, -0.25) is 0 Å². The Morgan fingerprint density at radius 1 is 1.29 bits per heavy atom. The molecule has 0 spiro atoms. The van der Waals surface area contributed by atoms with Crippen LogP contribution in [0.1, 0.15) is 12.5 Å². The van der Waals surface area contributed by atoms with E-state index in [1.54, 1.807) is 6.92 Å². The maximum Gasteiger partial charge on any atom is 0.419 e. The second-order valence-corrected chi connectivity index (χ2v) is 3.85. The molecular weight excluding hydrogens is 216 g/mol. The highest BCUT2D eigenvalue weighted by Crippen LogP contribution is 2.34. The van der Waals surface area contributed by atoms with Crippen molar-refractivity contribution in [1.82, 2.24) is 0 Å². The third-order valence-corrected chi connectivity index (χ3v) is 2.48. The minimum Gasteiger partial charge on any atom is -0.205 e. The number of benzene rings is 1. The quantitative estimate of drug-likeness (QED) is 0.541. The van der Waals surface area contributed by atoms with Crippen LogP contribution >= 0.6 is 11.8 Å². The van der Waals surface area contributed by atoms with Crippen LogP contribution in [0.4, 0.5) is 17.6 Å². The molecule has 1 aromatic rings. The van der Waals surface area contributed by atoms with E-state index in [1.807, 2.05) is 0 Å². The van der Waals surface area contributed by atoms with Crippen LogP contribution < -0.4 is 0 Å². The van der Waals surface area contributed by atoms with Crippen molar-refractivity contribution >= 4 is 11.8 Å². The molecule has 14 heavy (non-hydrogen) atoms. The molecule has 0 aliphatic carbocycles. The van der Waals surface area contributed by atoms with Crippen LogP contribution in [0.3, 0.4) is 0 Å². The van der Waals surface area contributed by atoms with E-state index in [-0.39, 0.29) is 4.90 Å². The van der Waals surface area contributed by atoms with Gasteiger partial charge in [0.05, 0.1) is 5.56 Å². The Morgan fingerprint density at radius 3 is 2.43 bits per heavy atom. The fraction of sp³-hybridized carbons (Fsp3) is 0.333. The minimum absolute atomic E-state index is 0.0438. The van der Waals surface area contributed by atoms with Crippen molar-refractivity contribution in [3.05, 3.63) is 29.6 Å². The maximum atomic E-state index is 13.2. The van der Waals surface area contributed by atoms with E-state index < -0.39 is 17.6 Å². The van der Waals surface area contributed by atoms with Gasteiger partial charge in [-0.05, 0) is 17.9 Å². The summed E-state index contributed by atoms with van der Waals surface area (Å²) in [6, 6.07) is 3.30. The number of thioether (sulfide) groups is 1. The van der Waals surface area contributed by atoms with Crippen molar-refractivity contribution < 1.29 is 17.6 Å². The lowest BCUT2D eigenvalue weighted by Gasteiger charge is -2.09.